The van der Waals surface area contributed by atoms with E-state index in [2.05, 4.69) is 14.5 Å². The van der Waals surface area contributed by atoms with Gasteiger partial charge in [0.15, 0.2) is 5.78 Å². The molecule has 10 nitrogen and oxygen atoms in total. The van der Waals surface area contributed by atoms with E-state index in [1.807, 2.05) is 23.6 Å². The van der Waals surface area contributed by atoms with Gasteiger partial charge in [-0.2, -0.15) is 8.42 Å². The lowest BCUT2D eigenvalue weighted by Gasteiger charge is -2.18. The summed E-state index contributed by atoms with van der Waals surface area (Å²) in [5, 5.41) is 7.92. The largest absolute Gasteiger partial charge is 0.462 e. The number of nitrogens with zero attached hydrogens (tertiary/aromatic N) is 2. The number of anilines is 1. The fourth-order valence-corrected chi connectivity index (χ4v) is 4.71. The Balaban J connectivity index is 1.46. The lowest BCUT2D eigenvalue weighted by molar-refractivity contribution is 0.103. The first-order chi connectivity index (χ1) is 17.1. The Morgan fingerprint density at radius 1 is 1.31 bits per heavy atom. The summed E-state index contributed by atoms with van der Waals surface area (Å²) < 4.78 is 54.0. The molecule has 1 fully saturated rings. The van der Waals surface area contributed by atoms with Gasteiger partial charge in [0.25, 0.3) is 0 Å². The van der Waals surface area contributed by atoms with E-state index in [9.17, 15) is 17.6 Å². The van der Waals surface area contributed by atoms with E-state index in [0.717, 1.165) is 11.3 Å². The van der Waals surface area contributed by atoms with Crippen LogP contribution in [0, 0.1) is 12.8 Å². The van der Waals surface area contributed by atoms with Crippen molar-refractivity contribution in [2.24, 2.45) is 11.1 Å². The number of halogens is 1. The molecule has 0 bridgehead atoms. The number of pyridine rings is 1. The minimum absolute atomic E-state index is 0.115. The molecule has 36 heavy (non-hydrogen) atoms. The van der Waals surface area contributed by atoms with Crippen molar-refractivity contribution in [3.8, 4) is 0 Å². The summed E-state index contributed by atoms with van der Waals surface area (Å²) in [6.07, 6.45) is 4.27. The van der Waals surface area contributed by atoms with Gasteiger partial charge in [-0.15, -0.1) is 0 Å². The zero-order valence-corrected chi connectivity index (χ0v) is 20.8. The lowest BCUT2D eigenvalue weighted by Crippen LogP contribution is -2.27. The number of rotatable bonds is 11. The molecule has 4 rings (SSSR count). The van der Waals surface area contributed by atoms with Gasteiger partial charge in [0.2, 0.25) is 0 Å². The summed E-state index contributed by atoms with van der Waals surface area (Å²) in [5.41, 5.74) is 1.56. The normalized spacial score (nSPS) is 20.1. The molecule has 1 saturated carbocycles. The van der Waals surface area contributed by atoms with Crippen LogP contribution in [0.1, 0.15) is 45.8 Å². The molecule has 0 saturated heterocycles. The average Bonchev–Trinajstić information content (AvgIpc) is 3.54. The van der Waals surface area contributed by atoms with Crippen LogP contribution >= 0.6 is 0 Å². The SMILES string of the molecule is COCc1ccc(Cn2ccc(C(=O)c3cc(C)cnc3N[C@@H]3CC(COS(N)(=O)=O)CC3F)c2)o1. The number of nitrogens with one attached hydrogen (secondary N) is 1. The number of hydrogen-bond acceptors (Lipinski definition) is 8. The molecular weight excluding hydrogens is 491 g/mol. The summed E-state index contributed by atoms with van der Waals surface area (Å²) in [6, 6.07) is 6.48. The molecule has 3 aromatic rings. The summed E-state index contributed by atoms with van der Waals surface area (Å²) in [5.74, 6) is 1.13. The molecule has 0 radical (unpaired) electrons. The van der Waals surface area contributed by atoms with Gasteiger partial charge in [0.1, 0.15) is 30.1 Å². The molecule has 0 aliphatic heterocycles. The first kappa shape index (κ1) is 26.0. The monoisotopic (exact) mass is 520 g/mol. The minimum Gasteiger partial charge on any atom is -0.462 e. The number of ketones is 1. The number of furan rings is 1. The van der Waals surface area contributed by atoms with Crippen molar-refractivity contribution < 1.29 is 30.9 Å². The van der Waals surface area contributed by atoms with Gasteiger partial charge < -0.3 is 19.0 Å². The van der Waals surface area contributed by atoms with Crippen LogP contribution in [0.3, 0.4) is 0 Å². The van der Waals surface area contributed by atoms with Crippen molar-refractivity contribution in [3.05, 3.63) is 71.1 Å². The standard InChI is InChI=1S/C24H29FN4O6S/c1-15-7-20(23(30)17-5-6-29(11-17)12-18-3-4-19(35-18)14-33-2)24(27-10-15)28-22-9-16(8-21(22)25)13-34-36(26,31)32/h3-7,10-11,16,21-22H,8-9,12-14H2,1-2H3,(H,27,28)(H2,26,31,32)/t16?,21?,22-/m1/s1. The Morgan fingerprint density at radius 2 is 2.08 bits per heavy atom. The van der Waals surface area contributed by atoms with E-state index < -0.39 is 22.5 Å². The quantitative estimate of drug-likeness (QED) is 0.368. The number of alkyl halides is 1. The van der Waals surface area contributed by atoms with Crippen LogP contribution in [-0.2, 0) is 32.4 Å². The molecule has 3 atom stereocenters. The van der Waals surface area contributed by atoms with Crippen molar-refractivity contribution in [1.29, 1.82) is 0 Å². The van der Waals surface area contributed by atoms with E-state index in [1.54, 1.807) is 37.8 Å². The molecule has 1 aliphatic rings. The molecule has 1 aliphatic carbocycles. The number of methoxy groups -OCH3 is 1. The first-order valence-corrected chi connectivity index (χ1v) is 12.9. The number of aryl methyl sites for hydroxylation is 1. The summed E-state index contributed by atoms with van der Waals surface area (Å²) in [4.78, 5) is 17.7. The summed E-state index contributed by atoms with van der Waals surface area (Å²) in [7, 11) is -2.50. The highest BCUT2D eigenvalue weighted by atomic mass is 32.2. The van der Waals surface area contributed by atoms with Crippen LogP contribution < -0.4 is 10.5 Å². The third-order valence-corrected chi connectivity index (χ3v) is 6.46. The third-order valence-electron chi connectivity index (χ3n) is 6.00. The van der Waals surface area contributed by atoms with Gasteiger partial charge in [-0.25, -0.2) is 14.5 Å². The summed E-state index contributed by atoms with van der Waals surface area (Å²) >= 11 is 0. The Morgan fingerprint density at radius 3 is 2.83 bits per heavy atom. The molecule has 3 N–H and O–H groups in total. The van der Waals surface area contributed by atoms with Crippen LogP contribution in [0.2, 0.25) is 0 Å². The maximum absolute atomic E-state index is 14.7. The van der Waals surface area contributed by atoms with Crippen LogP contribution in [-0.4, -0.2) is 49.7 Å². The molecular formula is C24H29FN4O6S. The predicted octanol–water partition coefficient (Wildman–Crippen LogP) is 2.96. The van der Waals surface area contributed by atoms with Gasteiger partial charge in [0.05, 0.1) is 24.8 Å². The first-order valence-electron chi connectivity index (χ1n) is 11.4. The maximum Gasteiger partial charge on any atom is 0.333 e. The molecule has 2 unspecified atom stereocenters. The maximum atomic E-state index is 14.7. The van der Waals surface area contributed by atoms with E-state index in [-0.39, 0.29) is 30.5 Å². The molecule has 0 amide bonds. The summed E-state index contributed by atoms with van der Waals surface area (Å²) in [6.45, 7) is 2.45. The van der Waals surface area contributed by atoms with Gasteiger partial charge >= 0.3 is 10.3 Å². The second-order valence-electron chi connectivity index (χ2n) is 8.99. The third kappa shape index (κ3) is 6.58. The second kappa shape index (κ2) is 10.9. The van der Waals surface area contributed by atoms with Crippen molar-refractivity contribution in [2.45, 2.75) is 45.1 Å². The Labute approximate surface area is 208 Å². The van der Waals surface area contributed by atoms with E-state index >= 15 is 0 Å². The Bertz CT molecular complexity index is 1320. The minimum atomic E-state index is -4.09. The molecule has 0 aromatic carbocycles. The smallest absolute Gasteiger partial charge is 0.333 e. The fourth-order valence-electron chi connectivity index (χ4n) is 4.33. The molecule has 3 heterocycles. The van der Waals surface area contributed by atoms with E-state index in [4.69, 9.17) is 14.3 Å². The lowest BCUT2D eigenvalue weighted by atomic mass is 10.0. The molecule has 12 heteroatoms. The number of ether oxygens (including phenoxy) is 1. The van der Waals surface area contributed by atoms with Crippen molar-refractivity contribution in [3.63, 3.8) is 0 Å². The van der Waals surface area contributed by atoms with Crippen LogP contribution in [0.5, 0.6) is 0 Å². The molecule has 194 valence electrons. The highest BCUT2D eigenvalue weighted by molar-refractivity contribution is 7.84. The van der Waals surface area contributed by atoms with Crippen molar-refractivity contribution in [2.75, 3.05) is 19.0 Å². The number of aromatic nitrogens is 2. The van der Waals surface area contributed by atoms with Crippen LogP contribution in [0.4, 0.5) is 10.2 Å². The van der Waals surface area contributed by atoms with Gasteiger partial charge in [0, 0.05) is 31.3 Å². The topological polar surface area (TPSA) is 139 Å². The van der Waals surface area contributed by atoms with Crippen LogP contribution in [0.25, 0.3) is 0 Å². The van der Waals surface area contributed by atoms with Crippen LogP contribution in [0.15, 0.2) is 47.3 Å². The number of carbonyl (C=O) groups excluding carboxylic acids is 1. The predicted molar refractivity (Wildman–Crippen MR) is 129 cm³/mol. The highest BCUT2D eigenvalue weighted by Gasteiger charge is 2.36. The van der Waals surface area contributed by atoms with Gasteiger partial charge in [-0.3, -0.25) is 8.98 Å². The van der Waals surface area contributed by atoms with Crippen molar-refractivity contribution in [1.82, 2.24) is 9.55 Å². The van der Waals surface area contributed by atoms with E-state index in [0.29, 0.717) is 36.5 Å². The van der Waals surface area contributed by atoms with Gasteiger partial charge in [-0.05, 0) is 55.5 Å². The zero-order chi connectivity index (χ0) is 25.9. The Kier molecular flexibility index (Phi) is 7.88. The Hall–Kier alpha value is -3.06. The van der Waals surface area contributed by atoms with Crippen molar-refractivity contribution >= 4 is 21.9 Å². The molecule has 3 aromatic heterocycles. The highest BCUT2D eigenvalue weighted by Crippen LogP contribution is 2.32. The average molecular weight is 521 g/mol. The number of nitrogens with two attached hydrogens (primary N) is 1. The fraction of sp³-hybridized carbons (Fsp3) is 0.417. The molecule has 0 spiro atoms. The number of hydrogen-bond donors (Lipinski definition) is 2. The number of carbonyl (C=O) groups is 1. The second-order valence-corrected chi connectivity index (χ2v) is 10.2. The van der Waals surface area contributed by atoms with E-state index in [1.165, 1.54) is 0 Å². The zero-order valence-electron chi connectivity index (χ0n) is 20.0. The van der Waals surface area contributed by atoms with Gasteiger partial charge in [-0.1, -0.05) is 0 Å².